The molecular weight excluding hydrogens is 897 g/mol. The summed E-state index contributed by atoms with van der Waals surface area (Å²) in [5, 5.41) is 26.3. The molecule has 0 radical (unpaired) electrons. The van der Waals surface area contributed by atoms with Gasteiger partial charge in [0.05, 0.1) is 24.5 Å². The zero-order chi connectivity index (χ0) is 50.4. The summed E-state index contributed by atoms with van der Waals surface area (Å²) in [6, 6.07) is 2.57. The van der Waals surface area contributed by atoms with Gasteiger partial charge in [-0.3, -0.25) is 34.2 Å². The number of carbonyl (C=O) groups excluding carboxylic acids is 7. The van der Waals surface area contributed by atoms with E-state index in [-0.39, 0.29) is 54.4 Å². The number of nitrogens with zero attached hydrogens (tertiary/aromatic N) is 3. The van der Waals surface area contributed by atoms with Crippen LogP contribution >= 0.6 is 11.8 Å². The largest absolute Gasteiger partial charge is 0.496 e. The summed E-state index contributed by atoms with van der Waals surface area (Å²) < 4.78 is 23.2. The molecule has 3 heterocycles. The molecule has 17 nitrogen and oxygen atoms in total. The van der Waals surface area contributed by atoms with E-state index in [1.54, 1.807) is 40.0 Å². The number of rotatable bonds is 12. The maximum Gasteiger partial charge on any atom is 0.409 e. The average molecular weight is 969 g/mol. The Hall–Kier alpha value is -4.78. The molecule has 3 N–H and O–H groups in total. The zero-order valence-electron chi connectivity index (χ0n) is 41.5. The number of hydrogen-bond donors (Lipinski definition) is 3. The van der Waals surface area contributed by atoms with Crippen molar-refractivity contribution in [1.82, 2.24) is 15.1 Å². The van der Waals surface area contributed by atoms with Crippen LogP contribution in [-0.2, 0) is 49.4 Å². The zero-order valence-corrected chi connectivity index (χ0v) is 42.3. The number of carbonyl (C=O) groups is 7. The minimum Gasteiger partial charge on any atom is -0.496 e. The molecule has 2 saturated heterocycles. The van der Waals surface area contributed by atoms with Crippen molar-refractivity contribution in [3.63, 3.8) is 0 Å². The van der Waals surface area contributed by atoms with Crippen molar-refractivity contribution in [3.8, 4) is 5.75 Å². The van der Waals surface area contributed by atoms with E-state index < -0.39 is 83.1 Å². The van der Waals surface area contributed by atoms with E-state index >= 15 is 0 Å². The number of esters is 1. The van der Waals surface area contributed by atoms with Crippen molar-refractivity contribution >= 4 is 58.9 Å². The van der Waals surface area contributed by atoms with Crippen molar-refractivity contribution in [2.75, 3.05) is 45.5 Å². The second-order valence-corrected chi connectivity index (χ2v) is 20.8. The number of thioether (sulfide) groups is 1. The maximum atomic E-state index is 14.4. The number of Topliss-reactive ketones (excluding diaryl/α,β-unsaturated/α-hetero) is 1. The lowest BCUT2D eigenvalue weighted by Gasteiger charge is -2.46. The third-order valence-electron chi connectivity index (χ3n) is 14.9. The number of amides is 5. The number of imide groups is 1. The first kappa shape index (κ1) is 54.2. The molecule has 4 aliphatic rings. The Morgan fingerprint density at radius 1 is 1.03 bits per heavy atom. The predicted molar refractivity (Wildman–Crippen MR) is 256 cm³/mol. The van der Waals surface area contributed by atoms with Gasteiger partial charge in [-0.25, -0.2) is 9.59 Å². The Kier molecular flexibility index (Phi) is 18.1. The van der Waals surface area contributed by atoms with Crippen LogP contribution in [0.1, 0.15) is 104 Å². The van der Waals surface area contributed by atoms with Gasteiger partial charge in [0.15, 0.2) is 5.72 Å². The van der Waals surface area contributed by atoms with E-state index in [0.29, 0.717) is 30.0 Å². The number of fused-ring (bicyclic) bond motifs is 4. The van der Waals surface area contributed by atoms with E-state index in [0.717, 1.165) is 36.8 Å². The summed E-state index contributed by atoms with van der Waals surface area (Å²) in [5.41, 5.74) is -0.917. The molecule has 1 aromatic carbocycles. The number of hydrogen-bond acceptors (Lipinski definition) is 14. The minimum absolute atomic E-state index is 0.0346. The van der Waals surface area contributed by atoms with Gasteiger partial charge in [0.1, 0.15) is 41.5 Å². The SMILES string of the molecule is COc1cc2cc(c1C)N(C)C(=O)C[C@H](OC(=O)[C@H](C)N(C)C(=O)CCS[C@@H]1CC(=O)N(CC3CCC(C(C)=O)CC3)C1=O)[C@](C)(O)[C@@H](C)[C@H](C)[C@@H]1C[C@@](O)(NC(=O)O1)[C@H](OC)/C=C/C=C(\C)C2. The van der Waals surface area contributed by atoms with Gasteiger partial charge in [0.25, 0.3) is 0 Å². The number of benzene rings is 1. The summed E-state index contributed by atoms with van der Waals surface area (Å²) in [7, 11) is 5.97. The van der Waals surface area contributed by atoms with Crippen molar-refractivity contribution < 1.29 is 62.7 Å². The Balaban J connectivity index is 1.34. The van der Waals surface area contributed by atoms with E-state index in [1.165, 1.54) is 61.6 Å². The molecule has 1 saturated carbocycles. The lowest BCUT2D eigenvalue weighted by molar-refractivity contribution is -0.186. The van der Waals surface area contributed by atoms with E-state index in [2.05, 4.69) is 5.32 Å². The summed E-state index contributed by atoms with van der Waals surface area (Å²) in [5.74, 6) is -2.78. The van der Waals surface area contributed by atoms with Crippen LogP contribution in [0.4, 0.5) is 10.5 Å². The maximum absolute atomic E-state index is 14.4. The number of aliphatic hydroxyl groups is 2. The molecule has 1 aliphatic carbocycles. The first-order chi connectivity index (χ1) is 31.9. The van der Waals surface area contributed by atoms with E-state index in [4.69, 9.17) is 18.9 Å². The number of likely N-dealkylation sites (N-methyl/N-ethyl adjacent to an activating group) is 1. The molecule has 5 rings (SSSR count). The lowest BCUT2D eigenvalue weighted by atomic mass is 9.73. The summed E-state index contributed by atoms with van der Waals surface area (Å²) in [4.78, 5) is 97.1. The number of nitrogens with one attached hydrogen (secondary N) is 1. The highest BCUT2D eigenvalue weighted by Crippen LogP contribution is 2.40. The van der Waals surface area contributed by atoms with Gasteiger partial charge in [-0.2, -0.15) is 0 Å². The first-order valence-corrected chi connectivity index (χ1v) is 24.6. The molecule has 0 unspecified atom stereocenters. The fourth-order valence-electron chi connectivity index (χ4n) is 9.76. The predicted octanol–water partition coefficient (Wildman–Crippen LogP) is 5.05. The number of ether oxygens (including phenoxy) is 4. The monoisotopic (exact) mass is 968 g/mol. The third-order valence-corrected chi connectivity index (χ3v) is 16.1. The average Bonchev–Trinajstić information content (AvgIpc) is 3.55. The van der Waals surface area contributed by atoms with E-state index in [9.17, 15) is 43.8 Å². The molecule has 3 fully saturated rings. The number of methoxy groups -OCH3 is 2. The van der Waals surface area contributed by atoms with Crippen LogP contribution in [0.3, 0.4) is 0 Å². The van der Waals surface area contributed by atoms with Crippen LogP contribution in [0, 0.1) is 30.6 Å². The molecule has 0 aromatic heterocycles. The Morgan fingerprint density at radius 2 is 1.71 bits per heavy atom. The van der Waals surface area contributed by atoms with Crippen LogP contribution < -0.4 is 15.0 Å². The second-order valence-electron chi connectivity index (χ2n) is 19.5. The van der Waals surface area contributed by atoms with E-state index in [1.807, 2.05) is 32.1 Å². The summed E-state index contributed by atoms with van der Waals surface area (Å²) in [6.45, 7) is 12.0. The number of alkyl carbamates (subject to hydrolysis) is 1. The van der Waals surface area contributed by atoms with Crippen molar-refractivity contribution in [1.29, 1.82) is 0 Å². The van der Waals surface area contributed by atoms with Gasteiger partial charge >= 0.3 is 12.1 Å². The van der Waals surface area contributed by atoms with Crippen LogP contribution in [0.25, 0.3) is 0 Å². The summed E-state index contributed by atoms with van der Waals surface area (Å²) in [6.07, 6.45) is 3.73. The number of allylic oxidation sites excluding steroid dienone is 3. The van der Waals surface area contributed by atoms with Crippen LogP contribution in [0.2, 0.25) is 0 Å². The first-order valence-electron chi connectivity index (χ1n) is 23.6. The highest BCUT2D eigenvalue weighted by Gasteiger charge is 2.51. The van der Waals surface area contributed by atoms with Crippen molar-refractivity contribution in [2.24, 2.45) is 23.7 Å². The Labute approximate surface area is 404 Å². The Bertz CT molecular complexity index is 2140. The van der Waals surface area contributed by atoms with Gasteiger partial charge in [0.2, 0.25) is 23.6 Å². The Morgan fingerprint density at radius 3 is 2.34 bits per heavy atom. The van der Waals surface area contributed by atoms with Crippen LogP contribution in [0.5, 0.6) is 5.75 Å². The standard InChI is InChI=1S/C50H72N4O13S/c1-28-13-12-14-41(65-11)50(63)26-39(66-48(61)51-50)29(2)31(4)49(7,62)42(25-44(57)53(9)37-22-35(21-28)23-38(64-10)30(37)3)67-47(60)32(5)52(8)43(56)19-20-68-40-24-45(58)54(46(40)59)27-34-15-17-36(18-16-34)33(6)55/h12-14,22-23,29,31-32,34,36,39-42,62-63H,15-21,24-27H2,1-11H3,(H,51,61)/b14-12+,28-13+/t29-,31-,32-,34?,36?,39-,40+,41+,42-,49+,50-/m0/s1. The van der Waals surface area contributed by atoms with Crippen molar-refractivity contribution in [2.45, 2.75) is 147 Å². The molecule has 18 heteroatoms. The highest BCUT2D eigenvalue weighted by atomic mass is 32.2. The van der Waals surface area contributed by atoms with Gasteiger partial charge in [-0.15, -0.1) is 11.8 Å². The molecule has 1 aromatic rings. The van der Waals surface area contributed by atoms with Crippen LogP contribution in [0.15, 0.2) is 35.9 Å². The quantitative estimate of drug-likeness (QED) is 0.185. The fraction of sp³-hybridized carbons (Fsp3) is 0.660. The molecule has 0 spiro atoms. The van der Waals surface area contributed by atoms with Crippen LogP contribution in [-0.4, -0.2) is 143 Å². The van der Waals surface area contributed by atoms with Gasteiger partial charge in [-0.1, -0.05) is 37.6 Å². The van der Waals surface area contributed by atoms with Crippen molar-refractivity contribution in [3.05, 3.63) is 47.1 Å². The van der Waals surface area contributed by atoms with Gasteiger partial charge in [0, 0.05) is 64.2 Å². The third kappa shape index (κ3) is 12.5. The molecule has 3 aliphatic heterocycles. The molecule has 376 valence electrons. The van der Waals surface area contributed by atoms with Gasteiger partial charge in [-0.05, 0) is 102 Å². The number of anilines is 1. The second kappa shape index (κ2) is 22.8. The summed E-state index contributed by atoms with van der Waals surface area (Å²) >= 11 is 1.22. The highest BCUT2D eigenvalue weighted by molar-refractivity contribution is 8.00. The lowest BCUT2D eigenvalue weighted by Crippen LogP contribution is -2.64. The molecule has 9 atom stereocenters. The molecule has 5 amide bonds. The minimum atomic E-state index is -1.97. The smallest absolute Gasteiger partial charge is 0.409 e. The molecule has 4 bridgehead atoms. The fourth-order valence-corrected chi connectivity index (χ4v) is 10.9. The number of likely N-dealkylation sites (tertiary alicyclic amines) is 1. The molecule has 68 heavy (non-hydrogen) atoms. The number of ketones is 1. The normalized spacial score (nSPS) is 32.3. The van der Waals surface area contributed by atoms with Gasteiger partial charge < -0.3 is 39.0 Å². The molecular formula is C50H72N4O13S. The topological polar surface area (TPSA) is 219 Å².